The highest BCUT2D eigenvalue weighted by molar-refractivity contribution is 5.74. The molecule has 1 atom stereocenters. The topological polar surface area (TPSA) is 64.9 Å². The van der Waals surface area contributed by atoms with Crippen molar-refractivity contribution in [3.63, 3.8) is 0 Å². The molecule has 1 aliphatic carbocycles. The molecule has 2 amide bonds. The van der Waals surface area contributed by atoms with Crippen molar-refractivity contribution >= 4 is 6.03 Å². The normalized spacial score (nSPS) is 17.3. The van der Waals surface area contributed by atoms with E-state index in [1.807, 2.05) is 12.1 Å². The molecule has 0 aromatic heterocycles. The van der Waals surface area contributed by atoms with Gasteiger partial charge in [0.25, 0.3) is 0 Å². The van der Waals surface area contributed by atoms with Gasteiger partial charge >= 0.3 is 6.03 Å². The molecule has 0 radical (unpaired) electrons. The van der Waals surface area contributed by atoms with Gasteiger partial charge in [0.1, 0.15) is 5.82 Å². The van der Waals surface area contributed by atoms with Gasteiger partial charge in [-0.2, -0.15) is 5.26 Å². The highest BCUT2D eigenvalue weighted by Gasteiger charge is 2.11. The van der Waals surface area contributed by atoms with Crippen molar-refractivity contribution in [1.82, 2.24) is 10.6 Å². The first-order valence-corrected chi connectivity index (χ1v) is 6.58. The lowest BCUT2D eigenvalue weighted by Gasteiger charge is -2.18. The summed E-state index contributed by atoms with van der Waals surface area (Å²) in [6.45, 7) is 0.0970. The van der Waals surface area contributed by atoms with Crippen LogP contribution in [0.3, 0.4) is 0 Å². The van der Waals surface area contributed by atoms with Crippen molar-refractivity contribution in [2.24, 2.45) is 0 Å². The van der Waals surface area contributed by atoms with Gasteiger partial charge in [-0.1, -0.05) is 18.2 Å². The predicted octanol–water partition coefficient (Wildman–Crippen LogP) is 2.61. The first kappa shape index (κ1) is 14.1. The molecular formula is C15H16FN3O. The maximum absolute atomic E-state index is 13.6. The van der Waals surface area contributed by atoms with Crippen LogP contribution in [0.25, 0.3) is 0 Å². The molecule has 5 heteroatoms. The smallest absolute Gasteiger partial charge is 0.315 e. The van der Waals surface area contributed by atoms with E-state index in [1.165, 1.54) is 18.2 Å². The molecule has 1 aromatic rings. The summed E-state index contributed by atoms with van der Waals surface area (Å²) < 4.78 is 13.6. The number of hydrogen-bond donors (Lipinski definition) is 2. The van der Waals surface area contributed by atoms with Crippen LogP contribution in [-0.4, -0.2) is 12.1 Å². The van der Waals surface area contributed by atoms with Gasteiger partial charge in [0.15, 0.2) is 0 Å². The Kier molecular flexibility index (Phi) is 4.72. The Bertz CT molecular complexity index is 563. The van der Waals surface area contributed by atoms with E-state index in [-0.39, 0.29) is 24.2 Å². The number of nitrogens with zero attached hydrogens (tertiary/aromatic N) is 1. The number of halogens is 1. The average Bonchev–Trinajstić information content (AvgIpc) is 2.47. The number of allylic oxidation sites excluding steroid dienone is 1. The average molecular weight is 273 g/mol. The fourth-order valence-electron chi connectivity index (χ4n) is 2.09. The van der Waals surface area contributed by atoms with E-state index in [0.29, 0.717) is 5.56 Å². The van der Waals surface area contributed by atoms with Crippen LogP contribution in [0, 0.1) is 17.1 Å². The SMILES string of the molecule is N#Cc1ccc(CNC(=O)NC2C=CCCC2)c(F)c1. The van der Waals surface area contributed by atoms with Crippen molar-refractivity contribution < 1.29 is 9.18 Å². The molecule has 0 heterocycles. The maximum Gasteiger partial charge on any atom is 0.315 e. The summed E-state index contributed by atoms with van der Waals surface area (Å²) >= 11 is 0. The van der Waals surface area contributed by atoms with Crippen molar-refractivity contribution in [2.75, 3.05) is 0 Å². The van der Waals surface area contributed by atoms with E-state index in [0.717, 1.165) is 19.3 Å². The fraction of sp³-hybridized carbons (Fsp3) is 0.333. The molecule has 1 aliphatic rings. The number of urea groups is 1. The van der Waals surface area contributed by atoms with Gasteiger partial charge in [-0.05, 0) is 31.4 Å². The molecule has 2 N–H and O–H groups in total. The second-order valence-electron chi connectivity index (χ2n) is 4.71. The summed E-state index contributed by atoms with van der Waals surface area (Å²) in [6.07, 6.45) is 7.07. The van der Waals surface area contributed by atoms with Crippen LogP contribution in [-0.2, 0) is 6.54 Å². The Hall–Kier alpha value is -2.35. The fourth-order valence-corrected chi connectivity index (χ4v) is 2.09. The molecule has 0 saturated heterocycles. The quantitative estimate of drug-likeness (QED) is 0.831. The number of amides is 2. The van der Waals surface area contributed by atoms with Gasteiger partial charge in [0.05, 0.1) is 11.6 Å². The van der Waals surface area contributed by atoms with E-state index in [2.05, 4.69) is 16.7 Å². The second-order valence-corrected chi connectivity index (χ2v) is 4.71. The summed E-state index contributed by atoms with van der Waals surface area (Å²) in [5.74, 6) is -0.484. The summed E-state index contributed by atoms with van der Waals surface area (Å²) in [5, 5.41) is 14.1. The van der Waals surface area contributed by atoms with E-state index < -0.39 is 5.82 Å². The molecule has 4 nitrogen and oxygen atoms in total. The summed E-state index contributed by atoms with van der Waals surface area (Å²) in [6, 6.07) is 5.81. The third kappa shape index (κ3) is 3.82. The molecule has 0 bridgehead atoms. The minimum atomic E-state index is -0.484. The Morgan fingerprint density at radius 3 is 3.00 bits per heavy atom. The lowest BCUT2D eigenvalue weighted by molar-refractivity contribution is 0.237. The Balaban J connectivity index is 1.85. The highest BCUT2D eigenvalue weighted by atomic mass is 19.1. The van der Waals surface area contributed by atoms with E-state index in [9.17, 15) is 9.18 Å². The molecule has 104 valence electrons. The minimum Gasteiger partial charge on any atom is -0.334 e. The third-order valence-corrected chi connectivity index (χ3v) is 3.19. The second kappa shape index (κ2) is 6.71. The molecule has 0 saturated carbocycles. The molecule has 0 aliphatic heterocycles. The van der Waals surface area contributed by atoms with Gasteiger partial charge in [0.2, 0.25) is 0 Å². The Morgan fingerprint density at radius 2 is 2.35 bits per heavy atom. The number of carbonyl (C=O) groups is 1. The monoisotopic (exact) mass is 273 g/mol. The molecule has 20 heavy (non-hydrogen) atoms. The van der Waals surface area contributed by atoms with E-state index in [1.54, 1.807) is 0 Å². The van der Waals surface area contributed by atoms with Crippen molar-refractivity contribution in [2.45, 2.75) is 31.8 Å². The van der Waals surface area contributed by atoms with Crippen LogP contribution < -0.4 is 10.6 Å². The van der Waals surface area contributed by atoms with Crippen molar-refractivity contribution in [3.05, 3.63) is 47.3 Å². The predicted molar refractivity (Wildman–Crippen MR) is 73.3 cm³/mol. The molecular weight excluding hydrogens is 257 g/mol. The maximum atomic E-state index is 13.6. The largest absolute Gasteiger partial charge is 0.334 e. The summed E-state index contributed by atoms with van der Waals surface area (Å²) in [7, 11) is 0. The van der Waals surface area contributed by atoms with Gasteiger partial charge in [-0.3, -0.25) is 0 Å². The van der Waals surface area contributed by atoms with Crippen LogP contribution >= 0.6 is 0 Å². The van der Waals surface area contributed by atoms with E-state index >= 15 is 0 Å². The third-order valence-electron chi connectivity index (χ3n) is 3.19. The number of benzene rings is 1. The standard InChI is InChI=1S/C15H16FN3O/c16-14-8-11(9-17)6-7-12(14)10-18-15(20)19-13-4-2-1-3-5-13/h2,4,6-8,13H,1,3,5,10H2,(H2,18,19,20). The summed E-state index contributed by atoms with van der Waals surface area (Å²) in [5.41, 5.74) is 0.626. The number of nitriles is 1. The Morgan fingerprint density at radius 1 is 1.50 bits per heavy atom. The number of rotatable bonds is 3. The Labute approximate surface area is 117 Å². The van der Waals surface area contributed by atoms with Crippen LogP contribution in [0.15, 0.2) is 30.4 Å². The first-order chi connectivity index (χ1) is 9.69. The number of carbonyl (C=O) groups excluding carboxylic acids is 1. The zero-order chi connectivity index (χ0) is 14.4. The molecule has 1 unspecified atom stereocenters. The molecule has 0 spiro atoms. The van der Waals surface area contributed by atoms with Gasteiger partial charge < -0.3 is 10.6 Å². The number of nitrogens with one attached hydrogen (secondary N) is 2. The van der Waals surface area contributed by atoms with Crippen molar-refractivity contribution in [1.29, 1.82) is 5.26 Å². The molecule has 0 fully saturated rings. The highest BCUT2D eigenvalue weighted by Crippen LogP contribution is 2.11. The lowest BCUT2D eigenvalue weighted by atomic mass is 10.0. The van der Waals surface area contributed by atoms with Crippen LogP contribution in [0.4, 0.5) is 9.18 Å². The van der Waals surface area contributed by atoms with Gasteiger partial charge in [0, 0.05) is 18.2 Å². The molecule has 2 rings (SSSR count). The zero-order valence-electron chi connectivity index (χ0n) is 11.0. The van der Waals surface area contributed by atoms with Crippen molar-refractivity contribution in [3.8, 4) is 6.07 Å². The molecule has 1 aromatic carbocycles. The number of hydrogen-bond acceptors (Lipinski definition) is 2. The van der Waals surface area contributed by atoms with E-state index in [4.69, 9.17) is 5.26 Å². The summed E-state index contributed by atoms with van der Waals surface area (Å²) in [4.78, 5) is 11.7. The lowest BCUT2D eigenvalue weighted by Crippen LogP contribution is -2.41. The zero-order valence-corrected chi connectivity index (χ0v) is 11.0. The van der Waals surface area contributed by atoms with Gasteiger partial charge in [-0.15, -0.1) is 0 Å². The minimum absolute atomic E-state index is 0.0505. The van der Waals surface area contributed by atoms with Crippen LogP contribution in [0.2, 0.25) is 0 Å². The van der Waals surface area contributed by atoms with Crippen LogP contribution in [0.5, 0.6) is 0 Å². The first-order valence-electron chi connectivity index (χ1n) is 6.58. The van der Waals surface area contributed by atoms with Crippen LogP contribution in [0.1, 0.15) is 30.4 Å². The van der Waals surface area contributed by atoms with Gasteiger partial charge in [-0.25, -0.2) is 9.18 Å².